The molecule has 1 saturated heterocycles. The van der Waals surface area contributed by atoms with E-state index in [1.807, 2.05) is 0 Å². The van der Waals surface area contributed by atoms with E-state index < -0.39 is 128 Å². The molecule has 2 aliphatic carbocycles. The number of methoxy groups -OCH3 is 1. The standard InChI is InChI=1S/C53H60FN5O15/c1-23-11-10-12-24(2)51(68)55-38-39(57-16-18-58(19-17-57)50-33(54)21-31-43(64)32(52(69)70)22-59(30-13-14-30)49(31)56-50)45(66)35-36(44(38)65)42(63)28(6)47-37(35)48(67)53(8,74-47)72-20-15-34(71-9)25(3)46(73-29(7)60)27(5)41(62)26(4)40(23)61/h10-12,15,20-23,25-27,30,34,40-41,46,61-63H,13-14,16-19H2,1-9H3,(H,55,68)(H,69,70)/b11-10+,20-15+,24-12-/t23-,25+,26+,27+,34-,40-,41+,46+,53-/m0/s1. The lowest BCUT2D eigenvalue weighted by molar-refractivity contribution is -0.160. The van der Waals surface area contributed by atoms with Crippen LogP contribution in [0.2, 0.25) is 0 Å². The van der Waals surface area contributed by atoms with Crippen LogP contribution in [0.1, 0.15) is 114 Å². The van der Waals surface area contributed by atoms with Gasteiger partial charge in [-0.05, 0) is 38.8 Å². The number of anilines is 1. The van der Waals surface area contributed by atoms with Crippen molar-refractivity contribution in [3.05, 3.63) is 104 Å². The summed E-state index contributed by atoms with van der Waals surface area (Å²) in [5.41, 5.74) is -3.62. The number of fused-ring (bicyclic) bond motifs is 15. The molecule has 21 heteroatoms. The number of phenols is 1. The number of esters is 1. The number of halogens is 1. The van der Waals surface area contributed by atoms with Crippen molar-refractivity contribution in [2.24, 2.45) is 23.7 Å². The summed E-state index contributed by atoms with van der Waals surface area (Å²) in [5, 5.41) is 47.0. The molecule has 6 aliphatic rings. The fourth-order valence-corrected chi connectivity index (χ4v) is 10.4. The van der Waals surface area contributed by atoms with E-state index in [-0.39, 0.29) is 77.2 Å². The van der Waals surface area contributed by atoms with E-state index in [4.69, 9.17) is 18.9 Å². The molecule has 5 N–H and O–H groups in total. The molecule has 2 aromatic heterocycles. The molecule has 1 saturated carbocycles. The Balaban J connectivity index is 1.20. The van der Waals surface area contributed by atoms with Crippen molar-refractivity contribution in [1.29, 1.82) is 0 Å². The molecule has 0 spiro atoms. The van der Waals surface area contributed by atoms with Crippen molar-refractivity contribution in [2.45, 2.75) is 104 Å². The van der Waals surface area contributed by atoms with E-state index in [1.54, 1.807) is 43.2 Å². The quantitative estimate of drug-likeness (QED) is 0.210. The molecule has 74 heavy (non-hydrogen) atoms. The molecule has 0 unspecified atom stereocenters. The van der Waals surface area contributed by atoms with E-state index in [9.17, 15) is 49.2 Å². The number of aliphatic hydroxyl groups is 2. The summed E-state index contributed by atoms with van der Waals surface area (Å²) in [5.74, 6) is -12.7. The number of piperazine rings is 1. The van der Waals surface area contributed by atoms with Gasteiger partial charge in [0, 0.05) is 94.2 Å². The zero-order valence-electron chi connectivity index (χ0n) is 42.4. The summed E-state index contributed by atoms with van der Waals surface area (Å²) in [6, 6.07) is 0.821. The van der Waals surface area contributed by atoms with Gasteiger partial charge in [0.15, 0.2) is 11.6 Å². The summed E-state index contributed by atoms with van der Waals surface area (Å²) in [4.78, 5) is 104. The molecular weight excluding hydrogens is 966 g/mol. The number of hydrogen-bond acceptors (Lipinski definition) is 17. The number of nitrogens with one attached hydrogen (secondary N) is 1. The number of benzene rings is 1. The third kappa shape index (κ3) is 9.36. The number of aromatic nitrogens is 2. The number of carbonyl (C=O) groups excluding carboxylic acids is 5. The Labute approximate surface area is 424 Å². The molecule has 394 valence electrons. The van der Waals surface area contributed by atoms with Crippen molar-refractivity contribution in [2.75, 3.05) is 38.2 Å². The highest BCUT2D eigenvalue weighted by Gasteiger charge is 2.53. The predicted octanol–water partition coefficient (Wildman–Crippen LogP) is 4.66. The van der Waals surface area contributed by atoms with Gasteiger partial charge >= 0.3 is 17.7 Å². The number of amides is 1. The fourth-order valence-electron chi connectivity index (χ4n) is 10.4. The number of hydrogen-bond donors (Lipinski definition) is 5. The van der Waals surface area contributed by atoms with Crippen LogP contribution in [-0.4, -0.2) is 134 Å². The van der Waals surface area contributed by atoms with Crippen molar-refractivity contribution < 1.29 is 72.5 Å². The lowest BCUT2D eigenvalue weighted by Gasteiger charge is -2.39. The number of Topliss-reactive ketones (excluding diaryl/α,β-unsaturated/α-hetero) is 3. The Morgan fingerprint density at radius 3 is 2.19 bits per heavy atom. The molecule has 5 bridgehead atoms. The molecule has 9 rings (SSSR count). The Morgan fingerprint density at radius 2 is 1.57 bits per heavy atom. The minimum Gasteiger partial charge on any atom is -0.507 e. The number of phenolic OH excluding ortho intramolecular Hbond substituents is 1. The number of aliphatic hydroxyl groups excluding tert-OH is 2. The van der Waals surface area contributed by atoms with Crippen LogP contribution >= 0.6 is 0 Å². The van der Waals surface area contributed by atoms with Crippen LogP contribution in [0.15, 0.2) is 64.6 Å². The smallest absolute Gasteiger partial charge is 0.341 e. The number of carbonyl (C=O) groups is 6. The Bertz CT molecular complexity index is 3080. The molecule has 2 fully saturated rings. The van der Waals surface area contributed by atoms with Gasteiger partial charge in [0.1, 0.15) is 40.2 Å². The largest absolute Gasteiger partial charge is 0.507 e. The predicted molar refractivity (Wildman–Crippen MR) is 263 cm³/mol. The van der Waals surface area contributed by atoms with Gasteiger partial charge in [-0.1, -0.05) is 45.9 Å². The van der Waals surface area contributed by atoms with Crippen molar-refractivity contribution in [3.8, 4) is 11.5 Å². The summed E-state index contributed by atoms with van der Waals surface area (Å²) in [6.07, 6.45) is 5.56. The van der Waals surface area contributed by atoms with E-state index >= 15 is 9.18 Å². The first kappa shape index (κ1) is 53.1. The number of ether oxygens (including phenoxy) is 4. The van der Waals surface area contributed by atoms with Crippen molar-refractivity contribution in [1.82, 2.24) is 19.8 Å². The van der Waals surface area contributed by atoms with Gasteiger partial charge in [-0.2, -0.15) is 0 Å². The van der Waals surface area contributed by atoms with Gasteiger partial charge in [-0.3, -0.25) is 28.8 Å². The number of carboxylic acid groups (broad SMARTS) is 1. The molecule has 1 amide bonds. The highest BCUT2D eigenvalue weighted by Crippen LogP contribution is 2.49. The van der Waals surface area contributed by atoms with Crippen molar-refractivity contribution in [3.63, 3.8) is 0 Å². The number of carboxylic acids is 1. The summed E-state index contributed by atoms with van der Waals surface area (Å²) >= 11 is 0. The Hall–Kier alpha value is -7.23. The van der Waals surface area contributed by atoms with Crippen LogP contribution in [-0.2, 0) is 23.8 Å². The van der Waals surface area contributed by atoms with Crippen LogP contribution in [0.3, 0.4) is 0 Å². The zero-order chi connectivity index (χ0) is 54.0. The number of pyridine rings is 2. The molecular formula is C53H60FN5O15. The van der Waals surface area contributed by atoms with Crippen LogP contribution in [0.5, 0.6) is 11.5 Å². The van der Waals surface area contributed by atoms with E-state index in [1.165, 1.54) is 64.1 Å². The third-order valence-corrected chi connectivity index (χ3v) is 14.9. The second-order valence-electron chi connectivity index (χ2n) is 20.0. The van der Waals surface area contributed by atoms with Crippen LogP contribution in [0.25, 0.3) is 11.0 Å². The second kappa shape index (κ2) is 20.2. The van der Waals surface area contributed by atoms with Gasteiger partial charge in [0.25, 0.3) is 11.7 Å². The molecule has 0 radical (unpaired) electrons. The normalized spacial score (nSPS) is 29.6. The Kier molecular flexibility index (Phi) is 14.5. The minimum absolute atomic E-state index is 0.0298. The van der Waals surface area contributed by atoms with Gasteiger partial charge < -0.3 is 59.1 Å². The number of aromatic hydroxyl groups is 1. The summed E-state index contributed by atoms with van der Waals surface area (Å²) < 4.78 is 41.3. The molecule has 1 aromatic carbocycles. The molecule has 9 atom stereocenters. The van der Waals surface area contributed by atoms with E-state index in [2.05, 4.69) is 10.3 Å². The monoisotopic (exact) mass is 1030 g/mol. The number of ketones is 3. The molecule has 4 aliphatic heterocycles. The van der Waals surface area contributed by atoms with Gasteiger partial charge in [0.2, 0.25) is 17.0 Å². The van der Waals surface area contributed by atoms with Crippen LogP contribution in [0.4, 0.5) is 10.2 Å². The molecule has 6 heterocycles. The highest BCUT2D eigenvalue weighted by atomic mass is 19.1. The maximum atomic E-state index is 16.1. The maximum absolute atomic E-state index is 16.1. The average molecular weight is 1030 g/mol. The number of aromatic carboxylic acids is 1. The van der Waals surface area contributed by atoms with E-state index in [0.29, 0.717) is 12.8 Å². The fraction of sp³-hybridized carbons (Fsp3) is 0.472. The van der Waals surface area contributed by atoms with Crippen molar-refractivity contribution >= 4 is 52.0 Å². The summed E-state index contributed by atoms with van der Waals surface area (Å²) in [6.45, 7) is 11.8. The Morgan fingerprint density at radius 1 is 0.905 bits per heavy atom. The average Bonchev–Trinajstić information content (AvgIpc) is 4.18. The first-order chi connectivity index (χ1) is 34.9. The SMILES string of the molecule is CO[C@H]1/C=C/O[C@@]2(C)Oc3c(C)c(O)c4c(c3C2=O)C(=O)C(N2CCN(c3nc5c(cc3F)c(=O)c(C(=O)O)cn5C3CC3)CC2)=C(NC(=O)/C(C)=C\C=C\[C@H](C)[C@H](O)[C@@H](C)[C@@H](O)[C@@H](C)[C@H](OC(C)=O)[C@@H]1C)C4=O. The number of nitrogens with zero attached hydrogens (tertiary/aromatic N) is 4. The third-order valence-electron chi connectivity index (χ3n) is 14.9. The molecule has 3 aromatic rings. The zero-order valence-corrected chi connectivity index (χ0v) is 42.4. The van der Waals surface area contributed by atoms with Crippen LogP contribution in [0, 0.1) is 36.4 Å². The topological polar surface area (TPSA) is 274 Å². The van der Waals surface area contributed by atoms with Crippen LogP contribution < -0.4 is 20.4 Å². The first-order valence-corrected chi connectivity index (χ1v) is 24.4. The van der Waals surface area contributed by atoms with Gasteiger partial charge in [-0.15, -0.1) is 0 Å². The number of rotatable bonds is 6. The second-order valence-corrected chi connectivity index (χ2v) is 20.0. The maximum Gasteiger partial charge on any atom is 0.341 e. The van der Waals surface area contributed by atoms with Gasteiger partial charge in [0.05, 0.1) is 46.7 Å². The first-order valence-electron chi connectivity index (χ1n) is 24.4. The summed E-state index contributed by atoms with van der Waals surface area (Å²) in [7, 11) is 1.40. The number of allylic oxidation sites excluding steroid dienone is 4. The highest BCUT2D eigenvalue weighted by molar-refractivity contribution is 6.32. The minimum atomic E-state index is -2.19. The lowest BCUT2D eigenvalue weighted by atomic mass is 9.78. The van der Waals surface area contributed by atoms with E-state index in [0.717, 1.165) is 12.3 Å². The molecule has 20 nitrogen and oxygen atoms in total. The lowest BCUT2D eigenvalue weighted by Crippen LogP contribution is -2.50. The van der Waals surface area contributed by atoms with Gasteiger partial charge in [-0.25, -0.2) is 14.2 Å².